The first-order valence-corrected chi connectivity index (χ1v) is 11.2. The third-order valence-electron chi connectivity index (χ3n) is 5.08. The van der Waals surface area contributed by atoms with E-state index in [0.717, 1.165) is 6.42 Å². The number of carbonyl (C=O) groups is 2. The van der Waals surface area contributed by atoms with Crippen LogP contribution >= 0.6 is 11.3 Å². The largest absolute Gasteiger partial charge is 0.497 e. The first kappa shape index (κ1) is 22.4. The SMILES string of the molecule is COc1ccc(OC)c(/C=C/C(=O)N2CCCN2C(=O)Cc2csc(-c3cnccn3)n2)c1. The summed E-state index contributed by atoms with van der Waals surface area (Å²) in [7, 11) is 3.14. The van der Waals surface area contributed by atoms with E-state index in [1.807, 2.05) is 5.38 Å². The lowest BCUT2D eigenvalue weighted by Gasteiger charge is -2.26. The van der Waals surface area contributed by atoms with Gasteiger partial charge >= 0.3 is 0 Å². The molecule has 3 heterocycles. The second kappa shape index (κ2) is 10.2. The van der Waals surface area contributed by atoms with Crippen molar-refractivity contribution in [1.82, 2.24) is 25.0 Å². The van der Waals surface area contributed by atoms with E-state index in [9.17, 15) is 9.59 Å². The maximum absolute atomic E-state index is 12.9. The molecule has 9 nitrogen and oxygen atoms in total. The third kappa shape index (κ3) is 5.17. The second-order valence-corrected chi connectivity index (χ2v) is 8.04. The van der Waals surface area contributed by atoms with E-state index in [4.69, 9.17) is 9.47 Å². The number of hydrogen-bond donors (Lipinski definition) is 0. The van der Waals surface area contributed by atoms with E-state index in [1.54, 1.807) is 57.1 Å². The molecular weight excluding hydrogens is 442 g/mol. The van der Waals surface area contributed by atoms with Crippen LogP contribution in [0.25, 0.3) is 16.8 Å². The molecule has 1 aliphatic heterocycles. The van der Waals surface area contributed by atoms with Gasteiger partial charge in [0.2, 0.25) is 5.91 Å². The van der Waals surface area contributed by atoms with Crippen LogP contribution < -0.4 is 9.47 Å². The van der Waals surface area contributed by atoms with Crippen LogP contribution in [0.4, 0.5) is 0 Å². The van der Waals surface area contributed by atoms with Crippen molar-refractivity contribution in [1.29, 1.82) is 0 Å². The number of hydrazine groups is 1. The van der Waals surface area contributed by atoms with Crippen LogP contribution in [0.15, 0.2) is 48.2 Å². The second-order valence-electron chi connectivity index (χ2n) is 7.18. The highest BCUT2D eigenvalue weighted by Gasteiger charge is 2.30. The van der Waals surface area contributed by atoms with Crippen molar-refractivity contribution in [3.05, 3.63) is 59.5 Å². The van der Waals surface area contributed by atoms with E-state index in [1.165, 1.54) is 27.4 Å². The summed E-state index contributed by atoms with van der Waals surface area (Å²) in [6, 6.07) is 5.34. The summed E-state index contributed by atoms with van der Waals surface area (Å²) in [4.78, 5) is 38.6. The first-order chi connectivity index (χ1) is 16.1. The van der Waals surface area contributed by atoms with E-state index in [-0.39, 0.29) is 18.2 Å². The van der Waals surface area contributed by atoms with Crippen molar-refractivity contribution in [2.75, 3.05) is 27.3 Å². The Kier molecular flexibility index (Phi) is 6.94. The fraction of sp³-hybridized carbons (Fsp3) is 0.261. The highest BCUT2D eigenvalue weighted by atomic mass is 32.1. The number of amides is 2. The Hall–Kier alpha value is -3.79. The lowest BCUT2D eigenvalue weighted by molar-refractivity contribution is -0.154. The fourth-order valence-corrected chi connectivity index (χ4v) is 4.26. The highest BCUT2D eigenvalue weighted by Crippen LogP contribution is 2.26. The number of carbonyl (C=O) groups excluding carboxylic acids is 2. The Labute approximate surface area is 195 Å². The summed E-state index contributed by atoms with van der Waals surface area (Å²) < 4.78 is 10.6. The predicted molar refractivity (Wildman–Crippen MR) is 123 cm³/mol. The number of ether oxygens (including phenoxy) is 2. The van der Waals surface area contributed by atoms with Gasteiger partial charge in [0, 0.05) is 42.5 Å². The molecule has 0 radical (unpaired) electrons. The minimum Gasteiger partial charge on any atom is -0.497 e. The standard InChI is InChI=1S/C23H23N5O4S/c1-31-18-5-6-20(32-2)16(12-18)4-7-21(29)27-10-3-11-28(27)22(30)13-17-15-33-23(26-17)19-14-24-8-9-25-19/h4-9,12,14-15H,3,10-11,13H2,1-2H3/b7-4+. The smallest absolute Gasteiger partial charge is 0.265 e. The zero-order valence-electron chi connectivity index (χ0n) is 18.3. The van der Waals surface area contributed by atoms with Crippen LogP contribution in [0, 0.1) is 0 Å². The summed E-state index contributed by atoms with van der Waals surface area (Å²) in [5.41, 5.74) is 2.01. The molecule has 0 aliphatic carbocycles. The van der Waals surface area contributed by atoms with Crippen molar-refractivity contribution in [2.45, 2.75) is 12.8 Å². The highest BCUT2D eigenvalue weighted by molar-refractivity contribution is 7.13. The molecule has 0 saturated carbocycles. The molecule has 2 aromatic heterocycles. The van der Waals surface area contributed by atoms with Gasteiger partial charge in [0.1, 0.15) is 22.2 Å². The topological polar surface area (TPSA) is 97.8 Å². The Balaban J connectivity index is 1.43. The van der Waals surface area contributed by atoms with Gasteiger partial charge in [0.05, 0.1) is 32.5 Å². The fourth-order valence-electron chi connectivity index (χ4n) is 3.48. The molecule has 1 aromatic carbocycles. The Morgan fingerprint density at radius 1 is 1.15 bits per heavy atom. The van der Waals surface area contributed by atoms with E-state index in [2.05, 4.69) is 15.0 Å². The van der Waals surface area contributed by atoms with Gasteiger partial charge in [0.15, 0.2) is 0 Å². The molecule has 0 bridgehead atoms. The van der Waals surface area contributed by atoms with Gasteiger partial charge in [-0.25, -0.2) is 9.99 Å². The van der Waals surface area contributed by atoms with Gasteiger partial charge in [-0.2, -0.15) is 0 Å². The normalized spacial score (nSPS) is 13.5. The minimum absolute atomic E-state index is 0.105. The molecule has 0 spiro atoms. The van der Waals surface area contributed by atoms with Gasteiger partial charge in [0.25, 0.3) is 5.91 Å². The maximum atomic E-state index is 12.9. The van der Waals surface area contributed by atoms with Crippen LogP contribution in [-0.4, -0.2) is 64.1 Å². The number of hydrogen-bond acceptors (Lipinski definition) is 8. The molecule has 1 fully saturated rings. The quantitative estimate of drug-likeness (QED) is 0.495. The van der Waals surface area contributed by atoms with Crippen LogP contribution in [0.2, 0.25) is 0 Å². The van der Waals surface area contributed by atoms with Gasteiger partial charge in [-0.3, -0.25) is 24.6 Å². The Bertz CT molecular complexity index is 1160. The molecule has 1 saturated heterocycles. The maximum Gasteiger partial charge on any atom is 0.265 e. The summed E-state index contributed by atoms with van der Waals surface area (Å²) in [6.45, 7) is 0.966. The average Bonchev–Trinajstić information content (AvgIpc) is 3.53. The zero-order chi connectivity index (χ0) is 23.2. The van der Waals surface area contributed by atoms with Gasteiger partial charge in [-0.15, -0.1) is 11.3 Å². The number of methoxy groups -OCH3 is 2. The molecule has 4 rings (SSSR count). The summed E-state index contributed by atoms with van der Waals surface area (Å²) in [5.74, 6) is 0.829. The lowest BCUT2D eigenvalue weighted by Crippen LogP contribution is -2.44. The first-order valence-electron chi connectivity index (χ1n) is 10.3. The van der Waals surface area contributed by atoms with E-state index >= 15 is 0 Å². The summed E-state index contributed by atoms with van der Waals surface area (Å²) in [5, 5.41) is 5.51. The third-order valence-corrected chi connectivity index (χ3v) is 6.00. The van der Waals surface area contributed by atoms with Crippen LogP contribution in [0.3, 0.4) is 0 Å². The monoisotopic (exact) mass is 465 g/mol. The van der Waals surface area contributed by atoms with Gasteiger partial charge in [-0.1, -0.05) is 0 Å². The van der Waals surface area contributed by atoms with Gasteiger partial charge < -0.3 is 9.47 Å². The molecule has 0 atom stereocenters. The molecular formula is C23H23N5O4S. The Morgan fingerprint density at radius 3 is 2.76 bits per heavy atom. The van der Waals surface area contributed by atoms with Crippen LogP contribution in [0.1, 0.15) is 17.7 Å². The van der Waals surface area contributed by atoms with E-state index < -0.39 is 0 Å². The van der Waals surface area contributed by atoms with Crippen molar-refractivity contribution in [3.63, 3.8) is 0 Å². The summed E-state index contributed by atoms with van der Waals surface area (Å²) in [6.07, 6.45) is 8.76. The van der Waals surface area contributed by atoms with Crippen molar-refractivity contribution >= 4 is 29.2 Å². The molecule has 170 valence electrons. The molecule has 0 N–H and O–H groups in total. The predicted octanol–water partition coefficient (Wildman–Crippen LogP) is 2.85. The number of rotatable bonds is 7. The molecule has 33 heavy (non-hydrogen) atoms. The van der Waals surface area contributed by atoms with Crippen LogP contribution in [-0.2, 0) is 16.0 Å². The molecule has 2 amide bonds. The van der Waals surface area contributed by atoms with Crippen molar-refractivity contribution in [2.24, 2.45) is 0 Å². The van der Waals surface area contributed by atoms with E-state index in [0.29, 0.717) is 46.5 Å². The van der Waals surface area contributed by atoms with Crippen LogP contribution in [0.5, 0.6) is 11.5 Å². The van der Waals surface area contributed by atoms with Crippen molar-refractivity contribution < 1.29 is 19.1 Å². The number of aromatic nitrogens is 3. The average molecular weight is 466 g/mol. The zero-order valence-corrected chi connectivity index (χ0v) is 19.1. The number of nitrogens with zero attached hydrogens (tertiary/aromatic N) is 5. The molecule has 3 aromatic rings. The number of thiazole rings is 1. The van der Waals surface area contributed by atoms with Crippen molar-refractivity contribution in [3.8, 4) is 22.2 Å². The Morgan fingerprint density at radius 2 is 2.00 bits per heavy atom. The summed E-state index contributed by atoms with van der Waals surface area (Å²) >= 11 is 1.41. The van der Waals surface area contributed by atoms with Gasteiger partial charge in [-0.05, 0) is 30.7 Å². The minimum atomic E-state index is -0.274. The number of benzene rings is 1. The molecule has 0 unspecified atom stereocenters. The molecule has 10 heteroatoms. The lowest BCUT2D eigenvalue weighted by atomic mass is 10.1. The molecule has 1 aliphatic rings.